The first kappa shape index (κ1) is 17.0. The van der Waals surface area contributed by atoms with Gasteiger partial charge in [0, 0.05) is 42.8 Å². The van der Waals surface area contributed by atoms with Crippen LogP contribution in [0.25, 0.3) is 11.3 Å². The molecule has 2 saturated heterocycles. The zero-order valence-corrected chi connectivity index (χ0v) is 15.5. The molecule has 2 aliphatic heterocycles. The highest BCUT2D eigenvalue weighted by Gasteiger charge is 2.44. The minimum atomic E-state index is 0.0402. The molecule has 0 aliphatic carbocycles. The number of H-pyrrole nitrogens is 1. The average molecular weight is 374 g/mol. The number of fused-ring (bicyclic) bond motifs is 2. The molecule has 6 nitrogen and oxygen atoms in total. The number of ether oxygens (including phenoxy) is 1. The van der Waals surface area contributed by atoms with E-state index in [0.717, 1.165) is 36.9 Å². The number of benzene rings is 1. The van der Waals surface area contributed by atoms with E-state index in [4.69, 9.17) is 4.74 Å². The van der Waals surface area contributed by atoms with Crippen LogP contribution in [0.2, 0.25) is 0 Å². The lowest BCUT2D eigenvalue weighted by Crippen LogP contribution is -2.49. The Morgan fingerprint density at radius 3 is 2.50 bits per heavy atom. The van der Waals surface area contributed by atoms with Gasteiger partial charge in [-0.3, -0.25) is 9.89 Å². The van der Waals surface area contributed by atoms with Gasteiger partial charge < -0.3 is 9.64 Å². The number of aromatic amines is 1. The quantitative estimate of drug-likeness (QED) is 0.756. The summed E-state index contributed by atoms with van der Waals surface area (Å²) in [4.78, 5) is 19.5. The van der Waals surface area contributed by atoms with E-state index >= 15 is 0 Å². The van der Waals surface area contributed by atoms with Gasteiger partial charge >= 0.3 is 0 Å². The first-order valence-electron chi connectivity index (χ1n) is 9.79. The number of pyridine rings is 1. The van der Waals surface area contributed by atoms with Crippen molar-refractivity contribution in [3.63, 3.8) is 0 Å². The van der Waals surface area contributed by atoms with Crippen LogP contribution in [0.1, 0.15) is 36.2 Å². The third-order valence-electron chi connectivity index (χ3n) is 5.73. The Hall–Kier alpha value is -3.15. The fraction of sp³-hybridized carbons (Fsp3) is 0.318. The summed E-state index contributed by atoms with van der Waals surface area (Å²) in [6.07, 6.45) is 5.59. The normalized spacial score (nSPS) is 23.6. The van der Waals surface area contributed by atoms with Gasteiger partial charge in [-0.25, -0.2) is 4.98 Å². The maximum Gasteiger partial charge on any atom is 0.272 e. The van der Waals surface area contributed by atoms with Crippen molar-refractivity contribution in [2.24, 2.45) is 0 Å². The Kier molecular flexibility index (Phi) is 4.31. The first-order chi connectivity index (χ1) is 13.8. The average Bonchev–Trinajstić information content (AvgIpc) is 3.32. The topological polar surface area (TPSA) is 71.1 Å². The van der Waals surface area contributed by atoms with E-state index < -0.39 is 0 Å². The number of hydrogen-bond acceptors (Lipinski definition) is 4. The number of hydrogen-bond donors (Lipinski definition) is 1. The number of nitrogens with one attached hydrogen (secondary N) is 1. The summed E-state index contributed by atoms with van der Waals surface area (Å²) < 4.78 is 6.06. The molecule has 1 amide bonds. The second-order valence-electron chi connectivity index (χ2n) is 7.51. The molecule has 1 N–H and O–H groups in total. The van der Waals surface area contributed by atoms with Gasteiger partial charge in [0.15, 0.2) is 0 Å². The molecule has 2 fully saturated rings. The van der Waals surface area contributed by atoms with E-state index in [2.05, 4.69) is 15.2 Å². The highest BCUT2D eigenvalue weighted by molar-refractivity contribution is 5.94. The molecule has 142 valence electrons. The molecular weight excluding hydrogens is 352 g/mol. The fourth-order valence-electron chi connectivity index (χ4n) is 4.47. The lowest BCUT2D eigenvalue weighted by atomic mass is 9.99. The van der Waals surface area contributed by atoms with Gasteiger partial charge in [-0.1, -0.05) is 36.4 Å². The molecule has 0 radical (unpaired) electrons. The lowest BCUT2D eigenvalue weighted by Gasteiger charge is -2.38. The third-order valence-corrected chi connectivity index (χ3v) is 5.73. The van der Waals surface area contributed by atoms with Gasteiger partial charge in [0.05, 0.1) is 5.69 Å². The molecule has 28 heavy (non-hydrogen) atoms. The van der Waals surface area contributed by atoms with Gasteiger partial charge in [-0.2, -0.15) is 5.10 Å². The second kappa shape index (κ2) is 7.11. The van der Waals surface area contributed by atoms with Crippen molar-refractivity contribution >= 4 is 5.91 Å². The Labute approximate surface area is 163 Å². The SMILES string of the molecule is O=C(c1cc(-c2ccccc2)n[nH]1)N1C2CCC1CC(Oc1ccccn1)C2. The summed E-state index contributed by atoms with van der Waals surface area (Å²) in [5, 5.41) is 7.28. The zero-order valence-electron chi connectivity index (χ0n) is 15.5. The molecule has 5 rings (SSSR count). The van der Waals surface area contributed by atoms with Gasteiger partial charge in [0.1, 0.15) is 11.8 Å². The summed E-state index contributed by atoms with van der Waals surface area (Å²) >= 11 is 0. The smallest absolute Gasteiger partial charge is 0.272 e. The van der Waals surface area contributed by atoms with E-state index in [0.29, 0.717) is 11.6 Å². The number of piperidine rings is 1. The molecule has 2 bridgehead atoms. The fourth-order valence-corrected chi connectivity index (χ4v) is 4.47. The van der Waals surface area contributed by atoms with Crippen molar-refractivity contribution in [2.75, 3.05) is 0 Å². The van der Waals surface area contributed by atoms with Crippen LogP contribution in [-0.4, -0.2) is 44.2 Å². The van der Waals surface area contributed by atoms with Crippen molar-refractivity contribution in [3.05, 3.63) is 66.5 Å². The molecule has 2 atom stereocenters. The maximum absolute atomic E-state index is 13.2. The Balaban J connectivity index is 1.30. The van der Waals surface area contributed by atoms with Crippen molar-refractivity contribution in [1.82, 2.24) is 20.1 Å². The maximum atomic E-state index is 13.2. The molecular formula is C22H22N4O2. The second-order valence-corrected chi connectivity index (χ2v) is 7.51. The van der Waals surface area contributed by atoms with Crippen molar-refractivity contribution in [3.8, 4) is 17.1 Å². The van der Waals surface area contributed by atoms with Crippen LogP contribution in [0.15, 0.2) is 60.8 Å². The molecule has 2 unspecified atom stereocenters. The Bertz CT molecular complexity index is 943. The largest absolute Gasteiger partial charge is 0.474 e. The molecule has 2 aliphatic rings. The summed E-state index contributed by atoms with van der Waals surface area (Å²) in [7, 11) is 0. The van der Waals surface area contributed by atoms with E-state index in [1.54, 1.807) is 6.20 Å². The van der Waals surface area contributed by atoms with Crippen LogP contribution in [0.4, 0.5) is 0 Å². The lowest BCUT2D eigenvalue weighted by molar-refractivity contribution is 0.0343. The van der Waals surface area contributed by atoms with E-state index in [-0.39, 0.29) is 24.1 Å². The van der Waals surface area contributed by atoms with Crippen LogP contribution < -0.4 is 4.74 Å². The molecule has 1 aromatic carbocycles. The van der Waals surface area contributed by atoms with Crippen LogP contribution in [-0.2, 0) is 0 Å². The molecule has 6 heteroatoms. The summed E-state index contributed by atoms with van der Waals surface area (Å²) in [6, 6.07) is 17.9. The monoisotopic (exact) mass is 374 g/mol. The van der Waals surface area contributed by atoms with Crippen LogP contribution in [0, 0.1) is 0 Å². The number of nitrogens with zero attached hydrogens (tertiary/aromatic N) is 3. The van der Waals surface area contributed by atoms with E-state index in [9.17, 15) is 4.79 Å². The number of carbonyl (C=O) groups is 1. The standard InChI is InChI=1S/C22H22N4O2/c27-22(20-14-19(24-25-20)15-6-2-1-3-7-15)26-16-9-10-17(26)13-18(12-16)28-21-8-4-5-11-23-21/h1-8,11,14,16-18H,9-10,12-13H2,(H,24,25). The Morgan fingerprint density at radius 2 is 1.79 bits per heavy atom. The summed E-state index contributed by atoms with van der Waals surface area (Å²) in [5.41, 5.74) is 2.35. The van der Waals surface area contributed by atoms with Gasteiger partial charge in [0.2, 0.25) is 5.88 Å². The van der Waals surface area contributed by atoms with E-state index in [1.807, 2.05) is 59.5 Å². The predicted octanol–water partition coefficient (Wildman–Crippen LogP) is 3.69. The minimum absolute atomic E-state index is 0.0402. The van der Waals surface area contributed by atoms with Gasteiger partial charge in [-0.15, -0.1) is 0 Å². The molecule has 0 spiro atoms. The summed E-state index contributed by atoms with van der Waals surface area (Å²) in [5.74, 6) is 0.700. The highest BCUT2D eigenvalue weighted by atomic mass is 16.5. The van der Waals surface area contributed by atoms with Crippen molar-refractivity contribution < 1.29 is 9.53 Å². The predicted molar refractivity (Wildman–Crippen MR) is 105 cm³/mol. The Morgan fingerprint density at radius 1 is 1.04 bits per heavy atom. The summed E-state index contributed by atoms with van der Waals surface area (Å²) in [6.45, 7) is 0. The van der Waals surface area contributed by atoms with Crippen molar-refractivity contribution in [2.45, 2.75) is 43.9 Å². The van der Waals surface area contributed by atoms with Crippen LogP contribution in [0.3, 0.4) is 0 Å². The first-order valence-corrected chi connectivity index (χ1v) is 9.79. The zero-order chi connectivity index (χ0) is 18.9. The van der Waals surface area contributed by atoms with Crippen LogP contribution in [0.5, 0.6) is 5.88 Å². The third kappa shape index (κ3) is 3.15. The molecule has 0 saturated carbocycles. The van der Waals surface area contributed by atoms with Crippen LogP contribution >= 0.6 is 0 Å². The number of amides is 1. The molecule has 2 aromatic heterocycles. The molecule has 4 heterocycles. The van der Waals surface area contributed by atoms with Gasteiger partial charge in [0.25, 0.3) is 5.91 Å². The van der Waals surface area contributed by atoms with E-state index in [1.165, 1.54) is 0 Å². The minimum Gasteiger partial charge on any atom is -0.474 e. The van der Waals surface area contributed by atoms with Gasteiger partial charge in [-0.05, 0) is 25.0 Å². The number of rotatable bonds is 4. The highest BCUT2D eigenvalue weighted by Crippen LogP contribution is 2.38. The number of aromatic nitrogens is 3. The molecule has 3 aromatic rings. The number of carbonyl (C=O) groups excluding carboxylic acids is 1. The van der Waals surface area contributed by atoms with Crippen molar-refractivity contribution in [1.29, 1.82) is 0 Å².